The summed E-state index contributed by atoms with van der Waals surface area (Å²) in [6, 6.07) is 13.1. The lowest BCUT2D eigenvalue weighted by Gasteiger charge is -2.19. The second kappa shape index (κ2) is 6.60. The van der Waals surface area contributed by atoms with Gasteiger partial charge in [0.15, 0.2) is 5.65 Å². The van der Waals surface area contributed by atoms with Gasteiger partial charge in [-0.25, -0.2) is 9.31 Å². The first-order chi connectivity index (χ1) is 12.2. The van der Waals surface area contributed by atoms with E-state index in [-0.39, 0.29) is 18.0 Å². The predicted molar refractivity (Wildman–Crippen MR) is 97.2 cm³/mol. The largest absolute Gasteiger partial charge is 0.369 e. The molecule has 0 bridgehead atoms. The zero-order valence-corrected chi connectivity index (χ0v) is 14.1. The number of amides is 2. The summed E-state index contributed by atoms with van der Waals surface area (Å²) in [4.78, 5) is 18.7. The molecule has 1 atom stereocenters. The number of carbonyl (C=O) groups is 1. The van der Waals surface area contributed by atoms with E-state index in [0.717, 1.165) is 25.2 Å². The topological polar surface area (TPSA) is 74.6 Å². The number of hydrogen-bond donors (Lipinski definition) is 2. The van der Waals surface area contributed by atoms with Crippen molar-refractivity contribution in [1.82, 2.24) is 19.9 Å². The zero-order valence-electron chi connectivity index (χ0n) is 13.4. The lowest BCUT2D eigenvalue weighted by atomic mass is 10.3. The Kier molecular flexibility index (Phi) is 4.15. The summed E-state index contributed by atoms with van der Waals surface area (Å²) in [6.07, 6.45) is 2.66. The molecule has 3 heterocycles. The number of hydrogen-bond acceptors (Lipinski definition) is 4. The summed E-state index contributed by atoms with van der Waals surface area (Å²) in [5, 5.41) is 10.6. The van der Waals surface area contributed by atoms with Crippen LogP contribution in [0.5, 0.6) is 0 Å². The van der Waals surface area contributed by atoms with Crippen molar-refractivity contribution in [2.24, 2.45) is 0 Å². The number of benzene rings is 1. The van der Waals surface area contributed by atoms with Crippen LogP contribution in [-0.4, -0.2) is 39.8 Å². The van der Waals surface area contributed by atoms with Gasteiger partial charge in [-0.05, 0) is 36.8 Å². The Morgan fingerprint density at radius 1 is 1.24 bits per heavy atom. The molecule has 3 aromatic rings. The number of urea groups is 1. The molecule has 0 aliphatic carbocycles. The maximum Gasteiger partial charge on any atom is 0.321 e. The fraction of sp³-hybridized carbons (Fsp3) is 0.235. The molecule has 2 amide bonds. The first-order valence-electron chi connectivity index (χ1n) is 8.07. The number of pyridine rings is 1. The van der Waals surface area contributed by atoms with E-state index in [4.69, 9.17) is 11.6 Å². The van der Waals surface area contributed by atoms with E-state index in [1.165, 1.54) is 0 Å². The van der Waals surface area contributed by atoms with Crippen molar-refractivity contribution in [2.75, 3.05) is 23.3 Å². The van der Waals surface area contributed by atoms with Gasteiger partial charge in [-0.2, -0.15) is 4.98 Å². The highest BCUT2D eigenvalue weighted by Gasteiger charge is 2.24. The average Bonchev–Trinajstić information content (AvgIpc) is 3.21. The Bertz CT molecular complexity index is 878. The van der Waals surface area contributed by atoms with Crippen molar-refractivity contribution in [3.05, 3.63) is 53.7 Å². The van der Waals surface area contributed by atoms with Gasteiger partial charge in [0, 0.05) is 36.0 Å². The highest BCUT2D eigenvalue weighted by atomic mass is 35.5. The maximum atomic E-state index is 12.2. The van der Waals surface area contributed by atoms with Gasteiger partial charge >= 0.3 is 6.03 Å². The molecule has 25 heavy (non-hydrogen) atoms. The van der Waals surface area contributed by atoms with Gasteiger partial charge in [0.25, 0.3) is 5.95 Å². The third-order valence-electron chi connectivity index (χ3n) is 4.16. The minimum Gasteiger partial charge on any atom is -0.369 e. The van der Waals surface area contributed by atoms with Crippen molar-refractivity contribution in [2.45, 2.75) is 12.5 Å². The Morgan fingerprint density at radius 3 is 3.00 bits per heavy atom. The van der Waals surface area contributed by atoms with Crippen LogP contribution >= 0.6 is 11.6 Å². The lowest BCUT2D eigenvalue weighted by Crippen LogP contribution is -2.39. The van der Waals surface area contributed by atoms with Crippen LogP contribution in [0.1, 0.15) is 6.42 Å². The van der Waals surface area contributed by atoms with Crippen LogP contribution in [-0.2, 0) is 0 Å². The predicted octanol–water partition coefficient (Wildman–Crippen LogP) is 2.78. The number of nitrogens with one attached hydrogen (secondary N) is 2. The van der Waals surface area contributed by atoms with Crippen LogP contribution in [0.25, 0.3) is 5.65 Å². The van der Waals surface area contributed by atoms with E-state index in [1.54, 1.807) is 10.7 Å². The average molecular weight is 357 g/mol. The molecule has 0 saturated carbocycles. The van der Waals surface area contributed by atoms with Gasteiger partial charge in [-0.3, -0.25) is 5.32 Å². The molecule has 7 nitrogen and oxygen atoms in total. The van der Waals surface area contributed by atoms with Gasteiger partial charge in [-0.15, -0.1) is 5.10 Å². The molecule has 2 aromatic heterocycles. The number of halogens is 1. The summed E-state index contributed by atoms with van der Waals surface area (Å²) in [6.45, 7) is 1.62. The molecule has 0 radical (unpaired) electrons. The number of aromatic nitrogens is 3. The molecular formula is C17H17ClN6O. The molecule has 1 unspecified atom stereocenters. The first kappa shape index (κ1) is 15.7. The molecule has 1 aliphatic rings. The molecule has 1 saturated heterocycles. The van der Waals surface area contributed by atoms with E-state index < -0.39 is 0 Å². The van der Waals surface area contributed by atoms with Crippen LogP contribution in [0.15, 0.2) is 48.7 Å². The highest BCUT2D eigenvalue weighted by molar-refractivity contribution is 6.30. The second-order valence-corrected chi connectivity index (χ2v) is 6.39. The van der Waals surface area contributed by atoms with Crippen molar-refractivity contribution in [1.29, 1.82) is 0 Å². The Morgan fingerprint density at radius 2 is 2.16 bits per heavy atom. The quantitative estimate of drug-likeness (QED) is 0.756. The summed E-state index contributed by atoms with van der Waals surface area (Å²) in [5.41, 5.74) is 1.75. The van der Waals surface area contributed by atoms with Crippen molar-refractivity contribution >= 4 is 34.9 Å². The molecule has 1 aliphatic heterocycles. The van der Waals surface area contributed by atoms with Crippen molar-refractivity contribution < 1.29 is 4.79 Å². The zero-order chi connectivity index (χ0) is 17.2. The molecule has 0 spiro atoms. The number of anilines is 2. The summed E-state index contributed by atoms with van der Waals surface area (Å²) in [7, 11) is 0. The standard InChI is InChI=1S/C17H17ClN6O/c18-12-4-3-5-14(10-12)23-9-7-13(11-23)19-17(25)21-16-20-15-6-1-2-8-24(15)22-16/h1-6,8,10,13H,7,9,11H2,(H2,19,21,22,25). The van der Waals surface area contributed by atoms with Gasteiger partial charge in [0.2, 0.25) is 0 Å². The summed E-state index contributed by atoms with van der Waals surface area (Å²) in [5.74, 6) is 0.286. The second-order valence-electron chi connectivity index (χ2n) is 5.95. The molecule has 1 fully saturated rings. The molecule has 8 heteroatoms. The maximum absolute atomic E-state index is 12.2. The van der Waals surface area contributed by atoms with E-state index in [9.17, 15) is 4.79 Å². The summed E-state index contributed by atoms with van der Waals surface area (Å²) < 4.78 is 1.62. The van der Waals surface area contributed by atoms with Gasteiger partial charge in [-0.1, -0.05) is 23.7 Å². The molecule has 128 valence electrons. The first-order valence-corrected chi connectivity index (χ1v) is 8.44. The van der Waals surface area contributed by atoms with Crippen molar-refractivity contribution in [3.8, 4) is 0 Å². The fourth-order valence-electron chi connectivity index (χ4n) is 2.99. The minimum absolute atomic E-state index is 0.0658. The Balaban J connectivity index is 1.35. The lowest BCUT2D eigenvalue weighted by molar-refractivity contribution is 0.249. The van der Waals surface area contributed by atoms with E-state index >= 15 is 0 Å². The van der Waals surface area contributed by atoms with E-state index in [0.29, 0.717) is 10.7 Å². The number of rotatable bonds is 3. The highest BCUT2D eigenvalue weighted by Crippen LogP contribution is 2.23. The molecule has 2 N–H and O–H groups in total. The number of nitrogens with zero attached hydrogens (tertiary/aromatic N) is 4. The van der Waals surface area contributed by atoms with Gasteiger partial charge in [0.1, 0.15) is 0 Å². The van der Waals surface area contributed by atoms with Crippen LogP contribution in [0.4, 0.5) is 16.4 Å². The van der Waals surface area contributed by atoms with Crippen LogP contribution < -0.4 is 15.5 Å². The number of carbonyl (C=O) groups excluding carboxylic acids is 1. The normalized spacial score (nSPS) is 17.0. The van der Waals surface area contributed by atoms with Crippen molar-refractivity contribution in [3.63, 3.8) is 0 Å². The van der Waals surface area contributed by atoms with Gasteiger partial charge in [0.05, 0.1) is 0 Å². The molecular weight excluding hydrogens is 340 g/mol. The van der Waals surface area contributed by atoms with Crippen LogP contribution in [0.3, 0.4) is 0 Å². The Hall–Kier alpha value is -2.80. The minimum atomic E-state index is -0.297. The van der Waals surface area contributed by atoms with Crippen LogP contribution in [0, 0.1) is 0 Å². The fourth-order valence-corrected chi connectivity index (χ4v) is 3.18. The monoisotopic (exact) mass is 356 g/mol. The molecule has 4 rings (SSSR count). The molecule has 1 aromatic carbocycles. The Labute approximate surface area is 149 Å². The smallest absolute Gasteiger partial charge is 0.321 e. The third-order valence-corrected chi connectivity index (χ3v) is 4.40. The van der Waals surface area contributed by atoms with Gasteiger partial charge < -0.3 is 10.2 Å². The van der Waals surface area contributed by atoms with Crippen LogP contribution in [0.2, 0.25) is 5.02 Å². The SMILES string of the molecule is O=C(Nc1nc2ccccn2n1)NC1CCN(c2cccc(Cl)c2)C1. The van der Waals surface area contributed by atoms with E-state index in [2.05, 4.69) is 25.6 Å². The van der Waals surface area contributed by atoms with E-state index in [1.807, 2.05) is 42.5 Å². The number of fused-ring (bicyclic) bond motifs is 1. The summed E-state index contributed by atoms with van der Waals surface area (Å²) >= 11 is 6.05. The third kappa shape index (κ3) is 3.51.